The number of halogens is 4. The molecular weight excluding hydrogens is 385 g/mol. The Morgan fingerprint density at radius 1 is 1.17 bits per heavy atom. The standard InChI is InChI=1S/C17H10BrF3N2O/c18-15-7-2-1-4-11(15)8-12(10-22)16(24)23-14-6-3-5-13(9-14)17(19,20)21/h1-9H,(H,23,24)/b12-8+. The maximum atomic E-state index is 12.7. The first-order valence-corrected chi connectivity index (χ1v) is 7.45. The molecule has 3 nitrogen and oxygen atoms in total. The summed E-state index contributed by atoms with van der Waals surface area (Å²) in [7, 11) is 0. The fourth-order valence-electron chi connectivity index (χ4n) is 1.87. The van der Waals surface area contributed by atoms with E-state index in [1.165, 1.54) is 18.2 Å². The molecule has 0 saturated carbocycles. The predicted octanol–water partition coefficient (Wildman–Crippen LogP) is 5.01. The average Bonchev–Trinajstić information content (AvgIpc) is 2.53. The number of carbonyl (C=O) groups excluding carboxylic acids is 1. The lowest BCUT2D eigenvalue weighted by atomic mass is 10.1. The van der Waals surface area contributed by atoms with E-state index in [4.69, 9.17) is 5.26 Å². The third kappa shape index (κ3) is 4.46. The third-order valence-corrected chi connectivity index (χ3v) is 3.74. The molecule has 0 spiro atoms. The Hall–Kier alpha value is -2.59. The van der Waals surface area contributed by atoms with Crippen LogP contribution in [-0.2, 0) is 11.0 Å². The van der Waals surface area contributed by atoms with E-state index in [0.29, 0.717) is 10.0 Å². The predicted molar refractivity (Wildman–Crippen MR) is 87.8 cm³/mol. The monoisotopic (exact) mass is 394 g/mol. The minimum atomic E-state index is -4.51. The number of nitrogens with one attached hydrogen (secondary N) is 1. The van der Waals surface area contributed by atoms with Crippen molar-refractivity contribution in [1.29, 1.82) is 5.26 Å². The number of hydrogen-bond donors (Lipinski definition) is 1. The second-order valence-electron chi connectivity index (χ2n) is 4.72. The molecule has 0 atom stereocenters. The number of alkyl halides is 3. The van der Waals surface area contributed by atoms with E-state index in [1.807, 2.05) is 0 Å². The molecule has 1 amide bonds. The van der Waals surface area contributed by atoms with Crippen molar-refractivity contribution in [3.05, 3.63) is 69.7 Å². The van der Waals surface area contributed by atoms with Crippen molar-refractivity contribution < 1.29 is 18.0 Å². The number of nitriles is 1. The van der Waals surface area contributed by atoms with Crippen LogP contribution in [0.1, 0.15) is 11.1 Å². The summed E-state index contributed by atoms with van der Waals surface area (Å²) in [4.78, 5) is 12.1. The van der Waals surface area contributed by atoms with E-state index in [2.05, 4.69) is 21.2 Å². The zero-order valence-corrected chi connectivity index (χ0v) is 13.6. The largest absolute Gasteiger partial charge is 0.416 e. The molecule has 1 N–H and O–H groups in total. The van der Waals surface area contributed by atoms with Crippen LogP contribution in [0.5, 0.6) is 0 Å². The minimum Gasteiger partial charge on any atom is -0.321 e. The fraction of sp³-hybridized carbons (Fsp3) is 0.0588. The summed E-state index contributed by atoms with van der Waals surface area (Å²) in [5, 5.41) is 11.4. The van der Waals surface area contributed by atoms with E-state index < -0.39 is 17.6 Å². The minimum absolute atomic E-state index is 0.0388. The van der Waals surface area contributed by atoms with E-state index in [1.54, 1.807) is 30.3 Å². The molecule has 0 aromatic heterocycles. The molecule has 24 heavy (non-hydrogen) atoms. The topological polar surface area (TPSA) is 52.9 Å². The third-order valence-electron chi connectivity index (χ3n) is 3.02. The van der Waals surface area contributed by atoms with Crippen molar-refractivity contribution >= 4 is 33.6 Å². The van der Waals surface area contributed by atoms with Crippen LogP contribution >= 0.6 is 15.9 Å². The Labute approximate surface area is 144 Å². The number of hydrogen-bond acceptors (Lipinski definition) is 2. The lowest BCUT2D eigenvalue weighted by Gasteiger charge is -2.09. The molecule has 2 aromatic rings. The molecule has 7 heteroatoms. The van der Waals surface area contributed by atoms with Crippen molar-refractivity contribution in [2.45, 2.75) is 6.18 Å². The Morgan fingerprint density at radius 2 is 1.88 bits per heavy atom. The molecule has 0 heterocycles. The zero-order chi connectivity index (χ0) is 17.7. The van der Waals surface area contributed by atoms with Crippen molar-refractivity contribution in [1.82, 2.24) is 0 Å². The first-order valence-electron chi connectivity index (χ1n) is 6.66. The Bertz CT molecular complexity index is 838. The second-order valence-corrected chi connectivity index (χ2v) is 5.58. The lowest BCUT2D eigenvalue weighted by Crippen LogP contribution is -2.14. The van der Waals surface area contributed by atoms with Crippen molar-refractivity contribution in [2.24, 2.45) is 0 Å². The highest BCUT2D eigenvalue weighted by Crippen LogP contribution is 2.30. The number of benzene rings is 2. The summed E-state index contributed by atoms with van der Waals surface area (Å²) in [5.41, 5.74) is -0.538. The number of amides is 1. The SMILES string of the molecule is N#C/C(=C\c1ccccc1Br)C(=O)Nc1cccc(C(F)(F)F)c1. The van der Waals surface area contributed by atoms with Crippen LogP contribution in [0.2, 0.25) is 0 Å². The maximum absolute atomic E-state index is 12.7. The van der Waals surface area contributed by atoms with Crippen LogP contribution < -0.4 is 5.32 Å². The molecular formula is C17H10BrF3N2O. The average molecular weight is 395 g/mol. The molecule has 2 aromatic carbocycles. The van der Waals surface area contributed by atoms with Crippen LogP contribution in [-0.4, -0.2) is 5.91 Å². The van der Waals surface area contributed by atoms with Gasteiger partial charge in [-0.15, -0.1) is 0 Å². The van der Waals surface area contributed by atoms with Crippen molar-refractivity contribution in [3.63, 3.8) is 0 Å². The lowest BCUT2D eigenvalue weighted by molar-refractivity contribution is -0.137. The van der Waals surface area contributed by atoms with Gasteiger partial charge in [0.15, 0.2) is 0 Å². The molecule has 2 rings (SSSR count). The molecule has 0 radical (unpaired) electrons. The molecule has 0 unspecified atom stereocenters. The fourth-order valence-corrected chi connectivity index (χ4v) is 2.27. The van der Waals surface area contributed by atoms with Gasteiger partial charge < -0.3 is 5.32 Å². The first-order chi connectivity index (χ1) is 11.3. The van der Waals surface area contributed by atoms with Crippen LogP contribution in [0.15, 0.2) is 58.6 Å². The number of nitrogens with zero attached hydrogens (tertiary/aromatic N) is 1. The van der Waals surface area contributed by atoms with Crippen LogP contribution in [0, 0.1) is 11.3 Å². The molecule has 0 fully saturated rings. The maximum Gasteiger partial charge on any atom is 0.416 e. The quantitative estimate of drug-likeness (QED) is 0.587. The highest BCUT2D eigenvalue weighted by molar-refractivity contribution is 9.10. The van der Waals surface area contributed by atoms with E-state index in [-0.39, 0.29) is 11.3 Å². The van der Waals surface area contributed by atoms with Gasteiger partial charge in [-0.05, 0) is 35.9 Å². The summed E-state index contributed by atoms with van der Waals surface area (Å²) in [5.74, 6) is -0.785. The second kappa shape index (κ2) is 7.32. The van der Waals surface area contributed by atoms with Gasteiger partial charge in [-0.3, -0.25) is 4.79 Å². The van der Waals surface area contributed by atoms with Crippen LogP contribution in [0.3, 0.4) is 0 Å². The van der Waals surface area contributed by atoms with Crippen molar-refractivity contribution in [3.8, 4) is 6.07 Å². The van der Waals surface area contributed by atoms with E-state index >= 15 is 0 Å². The Balaban J connectivity index is 2.25. The zero-order valence-electron chi connectivity index (χ0n) is 12.1. The molecule has 122 valence electrons. The Kier molecular flexibility index (Phi) is 5.42. The summed E-state index contributed by atoms with van der Waals surface area (Å²) in [6.45, 7) is 0. The first kappa shape index (κ1) is 17.8. The van der Waals surface area contributed by atoms with Gasteiger partial charge in [-0.1, -0.05) is 40.2 Å². The van der Waals surface area contributed by atoms with E-state index in [0.717, 1.165) is 12.1 Å². The van der Waals surface area contributed by atoms with Gasteiger partial charge in [0.2, 0.25) is 0 Å². The molecule has 0 bridgehead atoms. The number of rotatable bonds is 3. The molecule has 0 aliphatic rings. The summed E-state index contributed by atoms with van der Waals surface area (Å²) in [6.07, 6.45) is -3.16. The van der Waals surface area contributed by atoms with Crippen LogP contribution in [0.4, 0.5) is 18.9 Å². The van der Waals surface area contributed by atoms with Gasteiger partial charge >= 0.3 is 6.18 Å². The highest BCUT2D eigenvalue weighted by Gasteiger charge is 2.30. The van der Waals surface area contributed by atoms with Crippen molar-refractivity contribution in [2.75, 3.05) is 5.32 Å². The van der Waals surface area contributed by atoms with Gasteiger partial charge in [0.1, 0.15) is 11.6 Å². The van der Waals surface area contributed by atoms with Gasteiger partial charge in [0.25, 0.3) is 5.91 Å². The normalized spacial score (nSPS) is 11.7. The number of carbonyl (C=O) groups is 1. The highest BCUT2D eigenvalue weighted by atomic mass is 79.9. The van der Waals surface area contributed by atoms with E-state index in [9.17, 15) is 18.0 Å². The number of anilines is 1. The summed E-state index contributed by atoms with van der Waals surface area (Å²) < 4.78 is 38.7. The summed E-state index contributed by atoms with van der Waals surface area (Å²) >= 11 is 3.29. The summed E-state index contributed by atoms with van der Waals surface area (Å²) in [6, 6.07) is 12.9. The molecule has 0 aliphatic heterocycles. The van der Waals surface area contributed by atoms with Gasteiger partial charge in [-0.25, -0.2) is 0 Å². The molecule has 0 aliphatic carbocycles. The van der Waals surface area contributed by atoms with Gasteiger partial charge in [-0.2, -0.15) is 18.4 Å². The smallest absolute Gasteiger partial charge is 0.321 e. The van der Waals surface area contributed by atoms with Gasteiger partial charge in [0, 0.05) is 10.2 Å². The Morgan fingerprint density at radius 3 is 2.50 bits per heavy atom. The van der Waals surface area contributed by atoms with Gasteiger partial charge in [0.05, 0.1) is 5.56 Å². The molecule has 0 saturated heterocycles. The van der Waals surface area contributed by atoms with Crippen LogP contribution in [0.25, 0.3) is 6.08 Å².